The van der Waals surface area contributed by atoms with Crippen molar-refractivity contribution in [1.82, 2.24) is 0 Å². The summed E-state index contributed by atoms with van der Waals surface area (Å²) in [6, 6.07) is 14.2. The molecule has 0 fully saturated rings. The van der Waals surface area contributed by atoms with Crippen molar-refractivity contribution in [2.45, 2.75) is 19.2 Å². The highest BCUT2D eigenvalue weighted by atomic mass is 79.9. The zero-order valence-electron chi connectivity index (χ0n) is 11.0. The predicted octanol–water partition coefficient (Wildman–Crippen LogP) is 5.48. The Kier molecular flexibility index (Phi) is 4.89. The molecule has 0 radical (unpaired) electrons. The zero-order valence-corrected chi connectivity index (χ0v) is 13.3. The van der Waals surface area contributed by atoms with Crippen LogP contribution in [0.5, 0.6) is 5.75 Å². The second-order valence-corrected chi connectivity index (χ2v) is 5.78. The molecule has 1 nitrogen and oxygen atoms in total. The standard InChI is InChI=1S/C16H16BrClO/c1-3-19-15-6-4-12(5-7-15)16(18)13-8-11(2)9-14(17)10-13/h4-10,16H,3H2,1-2H3. The molecule has 0 amide bonds. The Morgan fingerprint density at radius 3 is 2.37 bits per heavy atom. The maximum Gasteiger partial charge on any atom is 0.119 e. The molecule has 0 spiro atoms. The van der Waals surface area contributed by atoms with Crippen LogP contribution in [0.1, 0.15) is 29.0 Å². The molecule has 0 aromatic heterocycles. The first kappa shape index (κ1) is 14.4. The highest BCUT2D eigenvalue weighted by Gasteiger charge is 2.11. The molecule has 2 aromatic carbocycles. The van der Waals surface area contributed by atoms with Crippen molar-refractivity contribution in [3.8, 4) is 5.75 Å². The molecule has 19 heavy (non-hydrogen) atoms. The summed E-state index contributed by atoms with van der Waals surface area (Å²) in [6.07, 6.45) is 0. The van der Waals surface area contributed by atoms with Crippen LogP contribution in [0.25, 0.3) is 0 Å². The summed E-state index contributed by atoms with van der Waals surface area (Å²) < 4.78 is 6.49. The average molecular weight is 340 g/mol. The first-order chi connectivity index (χ1) is 9.10. The van der Waals surface area contributed by atoms with Crippen molar-refractivity contribution in [2.75, 3.05) is 6.61 Å². The van der Waals surface area contributed by atoms with E-state index >= 15 is 0 Å². The SMILES string of the molecule is CCOc1ccc(C(Cl)c2cc(C)cc(Br)c2)cc1. The zero-order chi connectivity index (χ0) is 13.8. The second kappa shape index (κ2) is 6.44. The molecule has 1 unspecified atom stereocenters. The fourth-order valence-electron chi connectivity index (χ4n) is 2.00. The smallest absolute Gasteiger partial charge is 0.119 e. The van der Waals surface area contributed by atoms with Crippen molar-refractivity contribution < 1.29 is 4.74 Å². The van der Waals surface area contributed by atoms with Crippen LogP contribution in [0, 0.1) is 6.92 Å². The van der Waals surface area contributed by atoms with Gasteiger partial charge in [0.2, 0.25) is 0 Å². The van der Waals surface area contributed by atoms with Crippen LogP contribution in [-0.4, -0.2) is 6.61 Å². The quantitative estimate of drug-likeness (QED) is 0.670. The lowest BCUT2D eigenvalue weighted by Gasteiger charge is -2.12. The first-order valence-electron chi connectivity index (χ1n) is 6.24. The molecule has 0 bridgehead atoms. The fourth-order valence-corrected chi connectivity index (χ4v) is 2.90. The van der Waals surface area contributed by atoms with E-state index in [9.17, 15) is 0 Å². The normalized spacial score (nSPS) is 12.2. The van der Waals surface area contributed by atoms with Crippen molar-refractivity contribution in [3.05, 3.63) is 63.6 Å². The molecule has 0 heterocycles. The Hall–Kier alpha value is -0.990. The number of benzene rings is 2. The van der Waals surface area contributed by atoms with E-state index in [-0.39, 0.29) is 5.38 Å². The molecule has 0 aliphatic rings. The van der Waals surface area contributed by atoms with E-state index in [0.29, 0.717) is 6.61 Å². The van der Waals surface area contributed by atoms with Gasteiger partial charge in [-0.25, -0.2) is 0 Å². The lowest BCUT2D eigenvalue weighted by Crippen LogP contribution is -1.95. The fraction of sp³-hybridized carbons (Fsp3) is 0.250. The number of ether oxygens (including phenoxy) is 1. The topological polar surface area (TPSA) is 9.23 Å². The van der Waals surface area contributed by atoms with Crippen LogP contribution in [-0.2, 0) is 0 Å². The summed E-state index contributed by atoms with van der Waals surface area (Å²) >= 11 is 10.1. The minimum atomic E-state index is -0.146. The van der Waals surface area contributed by atoms with Crippen LogP contribution < -0.4 is 4.74 Å². The second-order valence-electron chi connectivity index (χ2n) is 4.43. The van der Waals surface area contributed by atoms with E-state index in [2.05, 4.69) is 41.1 Å². The van der Waals surface area contributed by atoms with E-state index in [0.717, 1.165) is 21.3 Å². The van der Waals surface area contributed by atoms with Gasteiger partial charge >= 0.3 is 0 Å². The van der Waals surface area contributed by atoms with Gasteiger partial charge in [0.05, 0.1) is 12.0 Å². The van der Waals surface area contributed by atoms with Crippen LogP contribution in [0.15, 0.2) is 46.9 Å². The minimum absolute atomic E-state index is 0.146. The third kappa shape index (κ3) is 3.74. The monoisotopic (exact) mass is 338 g/mol. The molecule has 1 atom stereocenters. The van der Waals surface area contributed by atoms with Gasteiger partial charge < -0.3 is 4.74 Å². The third-order valence-electron chi connectivity index (χ3n) is 2.84. The molecule has 3 heteroatoms. The lowest BCUT2D eigenvalue weighted by molar-refractivity contribution is 0.340. The van der Waals surface area contributed by atoms with Crippen LogP contribution in [0.2, 0.25) is 0 Å². The largest absolute Gasteiger partial charge is 0.494 e. The minimum Gasteiger partial charge on any atom is -0.494 e. The lowest BCUT2D eigenvalue weighted by atomic mass is 10.0. The van der Waals surface area contributed by atoms with Gasteiger partial charge in [-0.2, -0.15) is 0 Å². The molecule has 0 aliphatic heterocycles. The van der Waals surface area contributed by atoms with Crippen LogP contribution in [0.3, 0.4) is 0 Å². The van der Waals surface area contributed by atoms with E-state index < -0.39 is 0 Å². The van der Waals surface area contributed by atoms with E-state index in [1.54, 1.807) is 0 Å². The van der Waals surface area contributed by atoms with Gasteiger partial charge in [-0.15, -0.1) is 11.6 Å². The number of hydrogen-bond acceptors (Lipinski definition) is 1. The first-order valence-corrected chi connectivity index (χ1v) is 7.47. The van der Waals surface area contributed by atoms with Gasteiger partial charge in [-0.1, -0.05) is 34.1 Å². The number of alkyl halides is 1. The molecule has 0 saturated heterocycles. The Labute approximate surface area is 127 Å². The van der Waals surface area contributed by atoms with Gasteiger partial charge in [0.1, 0.15) is 5.75 Å². The van der Waals surface area contributed by atoms with Crippen molar-refractivity contribution >= 4 is 27.5 Å². The highest BCUT2D eigenvalue weighted by molar-refractivity contribution is 9.10. The summed E-state index contributed by atoms with van der Waals surface area (Å²) in [5.41, 5.74) is 3.36. The number of halogens is 2. The van der Waals surface area contributed by atoms with Gasteiger partial charge in [-0.3, -0.25) is 0 Å². The Bertz CT molecular complexity index is 531. The molecular formula is C16H16BrClO. The Morgan fingerprint density at radius 2 is 1.79 bits per heavy atom. The molecular weight excluding hydrogens is 324 g/mol. The third-order valence-corrected chi connectivity index (χ3v) is 3.80. The molecule has 2 aromatic rings. The molecule has 0 saturated carbocycles. The van der Waals surface area contributed by atoms with Gasteiger partial charge in [0.25, 0.3) is 0 Å². The van der Waals surface area contributed by atoms with Crippen molar-refractivity contribution in [1.29, 1.82) is 0 Å². The van der Waals surface area contributed by atoms with Gasteiger partial charge in [0.15, 0.2) is 0 Å². The summed E-state index contributed by atoms with van der Waals surface area (Å²) in [7, 11) is 0. The van der Waals surface area contributed by atoms with Gasteiger partial charge in [0, 0.05) is 4.47 Å². The van der Waals surface area contributed by atoms with E-state index in [1.807, 2.05) is 31.2 Å². The van der Waals surface area contributed by atoms with Crippen LogP contribution >= 0.6 is 27.5 Å². The van der Waals surface area contributed by atoms with E-state index in [1.165, 1.54) is 5.56 Å². The Morgan fingerprint density at radius 1 is 1.11 bits per heavy atom. The number of aryl methyl sites for hydroxylation is 1. The van der Waals surface area contributed by atoms with E-state index in [4.69, 9.17) is 16.3 Å². The summed E-state index contributed by atoms with van der Waals surface area (Å²) in [5, 5.41) is -0.146. The van der Waals surface area contributed by atoms with Crippen molar-refractivity contribution in [2.24, 2.45) is 0 Å². The summed E-state index contributed by atoms with van der Waals surface area (Å²) in [5.74, 6) is 0.875. The predicted molar refractivity (Wildman–Crippen MR) is 84.2 cm³/mol. The summed E-state index contributed by atoms with van der Waals surface area (Å²) in [4.78, 5) is 0. The number of hydrogen-bond donors (Lipinski definition) is 0. The molecule has 0 N–H and O–H groups in total. The molecule has 0 aliphatic carbocycles. The van der Waals surface area contributed by atoms with Crippen LogP contribution in [0.4, 0.5) is 0 Å². The number of rotatable bonds is 4. The highest BCUT2D eigenvalue weighted by Crippen LogP contribution is 2.32. The summed E-state index contributed by atoms with van der Waals surface area (Å²) in [6.45, 7) is 4.72. The molecule has 100 valence electrons. The average Bonchev–Trinajstić information content (AvgIpc) is 2.38. The Balaban J connectivity index is 2.25. The maximum absolute atomic E-state index is 6.54. The molecule has 2 rings (SSSR count). The van der Waals surface area contributed by atoms with Gasteiger partial charge in [-0.05, 0) is 54.8 Å². The van der Waals surface area contributed by atoms with Crippen molar-refractivity contribution in [3.63, 3.8) is 0 Å². The maximum atomic E-state index is 6.54.